The maximum atomic E-state index is 14.4. The molecule has 1 N–H and O–H groups in total. The van der Waals surface area contributed by atoms with Crippen molar-refractivity contribution in [3.8, 4) is 0 Å². The van der Waals surface area contributed by atoms with Crippen LogP contribution in [0.25, 0.3) is 0 Å². The molecule has 36 heavy (non-hydrogen) atoms. The van der Waals surface area contributed by atoms with E-state index in [0.29, 0.717) is 25.9 Å². The lowest BCUT2D eigenvalue weighted by molar-refractivity contribution is -0.154. The highest BCUT2D eigenvalue weighted by Gasteiger charge is 2.74. The fourth-order valence-electron chi connectivity index (χ4n) is 6.46. The van der Waals surface area contributed by atoms with E-state index >= 15 is 0 Å². The molecule has 3 fully saturated rings. The Kier molecular flexibility index (Phi) is 8.15. The third-order valence-corrected chi connectivity index (χ3v) is 9.71. The molecule has 1 aromatic rings. The second-order valence-corrected chi connectivity index (χ2v) is 12.1. The zero-order chi connectivity index (χ0) is 26.0. The molecule has 0 aliphatic carbocycles. The van der Waals surface area contributed by atoms with Gasteiger partial charge in [-0.05, 0) is 37.7 Å². The van der Waals surface area contributed by atoms with Crippen molar-refractivity contribution in [1.29, 1.82) is 0 Å². The number of hydrogen-bond donors (Lipinski definition) is 1. The number of aliphatic hydroxyl groups is 1. The molecule has 2 bridgehead atoms. The summed E-state index contributed by atoms with van der Waals surface area (Å²) in [7, 11) is 0. The number of carbonyl (C=O) groups excluding carboxylic acids is 3. The van der Waals surface area contributed by atoms with Crippen LogP contribution in [0.2, 0.25) is 0 Å². The molecule has 2 amide bonds. The molecule has 0 aromatic heterocycles. The van der Waals surface area contributed by atoms with Gasteiger partial charge in [0.2, 0.25) is 11.8 Å². The first kappa shape index (κ1) is 26.7. The van der Waals surface area contributed by atoms with Crippen LogP contribution in [0.5, 0.6) is 0 Å². The standard InChI is InChI=1S/C28H38N2O5S/c1-5-14-29(16-19-10-8-7-9-11-19)26(33)24-28-13-12-21(36-28)22(27(34)35-6-2)23(28)25(32)30(24)20(17-31)15-18(3)4/h5,7-11,18,20-24,31H,1,6,12-17H2,2-4H3/t20-,21+,22-,23+,24?,28?/m1/s1. The molecule has 1 spiro atoms. The van der Waals surface area contributed by atoms with Crippen LogP contribution in [0.3, 0.4) is 0 Å². The average Bonchev–Trinajstić information content (AvgIpc) is 3.50. The number of esters is 1. The number of rotatable bonds is 11. The summed E-state index contributed by atoms with van der Waals surface area (Å²) in [6, 6.07) is 8.53. The maximum Gasteiger partial charge on any atom is 0.310 e. The average molecular weight is 515 g/mol. The predicted octanol–water partition coefficient (Wildman–Crippen LogP) is 3.26. The van der Waals surface area contributed by atoms with E-state index in [-0.39, 0.29) is 42.2 Å². The van der Waals surface area contributed by atoms with Crippen LogP contribution in [0.15, 0.2) is 43.0 Å². The number of aliphatic hydroxyl groups excluding tert-OH is 1. The summed E-state index contributed by atoms with van der Waals surface area (Å²) in [5.74, 6) is -1.63. The Morgan fingerprint density at radius 3 is 2.67 bits per heavy atom. The third-order valence-electron chi connectivity index (χ3n) is 7.76. The summed E-state index contributed by atoms with van der Waals surface area (Å²) in [6.07, 6.45) is 3.74. The monoisotopic (exact) mass is 514 g/mol. The van der Waals surface area contributed by atoms with Crippen molar-refractivity contribution in [3.05, 3.63) is 48.6 Å². The maximum absolute atomic E-state index is 14.4. The van der Waals surface area contributed by atoms with Gasteiger partial charge in [-0.25, -0.2) is 0 Å². The summed E-state index contributed by atoms with van der Waals surface area (Å²) in [5, 5.41) is 10.4. The van der Waals surface area contributed by atoms with E-state index in [2.05, 4.69) is 6.58 Å². The summed E-state index contributed by atoms with van der Waals surface area (Å²) in [4.78, 5) is 45.0. The molecule has 8 heteroatoms. The van der Waals surface area contributed by atoms with Gasteiger partial charge in [-0.3, -0.25) is 14.4 Å². The lowest BCUT2D eigenvalue weighted by atomic mass is 9.71. The Bertz CT molecular complexity index is 985. The van der Waals surface area contributed by atoms with Crippen LogP contribution in [0, 0.1) is 17.8 Å². The van der Waals surface area contributed by atoms with Gasteiger partial charge < -0.3 is 19.6 Å². The number of ether oxygens (including phenoxy) is 1. The van der Waals surface area contributed by atoms with Gasteiger partial charge in [-0.2, -0.15) is 0 Å². The quantitative estimate of drug-likeness (QED) is 0.360. The topological polar surface area (TPSA) is 87.2 Å². The van der Waals surface area contributed by atoms with Crippen molar-refractivity contribution in [2.75, 3.05) is 19.8 Å². The van der Waals surface area contributed by atoms with Crippen LogP contribution in [-0.4, -0.2) is 74.5 Å². The van der Waals surface area contributed by atoms with Crippen LogP contribution in [0.1, 0.15) is 45.6 Å². The minimum absolute atomic E-state index is 0.0323. The van der Waals surface area contributed by atoms with E-state index in [9.17, 15) is 19.5 Å². The highest BCUT2D eigenvalue weighted by atomic mass is 32.2. The molecule has 1 aromatic carbocycles. The van der Waals surface area contributed by atoms with Crippen LogP contribution in [-0.2, 0) is 25.7 Å². The van der Waals surface area contributed by atoms with Crippen LogP contribution in [0.4, 0.5) is 0 Å². The molecule has 3 aliphatic rings. The Balaban J connectivity index is 1.76. The number of hydrogen-bond acceptors (Lipinski definition) is 6. The van der Waals surface area contributed by atoms with Crippen molar-refractivity contribution in [2.45, 2.75) is 68.7 Å². The molecule has 4 rings (SSSR count). The highest BCUT2D eigenvalue weighted by Crippen LogP contribution is 2.67. The molecule has 0 saturated carbocycles. The molecule has 6 atom stereocenters. The fourth-order valence-corrected chi connectivity index (χ4v) is 8.64. The molecule has 7 nitrogen and oxygen atoms in total. The van der Waals surface area contributed by atoms with Crippen LogP contribution < -0.4 is 0 Å². The number of benzene rings is 1. The van der Waals surface area contributed by atoms with Crippen molar-refractivity contribution in [2.24, 2.45) is 17.8 Å². The van der Waals surface area contributed by atoms with Crippen LogP contribution >= 0.6 is 11.8 Å². The fraction of sp³-hybridized carbons (Fsp3) is 0.607. The number of carbonyl (C=O) groups is 3. The van der Waals surface area contributed by atoms with E-state index < -0.39 is 28.7 Å². The zero-order valence-electron chi connectivity index (χ0n) is 21.5. The lowest BCUT2D eigenvalue weighted by Gasteiger charge is -2.40. The number of amides is 2. The zero-order valence-corrected chi connectivity index (χ0v) is 22.3. The largest absolute Gasteiger partial charge is 0.466 e. The van der Waals surface area contributed by atoms with Gasteiger partial charge in [-0.1, -0.05) is 50.3 Å². The smallest absolute Gasteiger partial charge is 0.310 e. The summed E-state index contributed by atoms with van der Waals surface area (Å²) in [5.41, 5.74) is 0.992. The SMILES string of the molecule is C=CCN(Cc1ccccc1)C(=O)C1N([C@@H](CO)CC(C)C)C(=O)[C@@H]2[C@H](C(=O)OCC)[C@@H]3CCC12S3. The van der Waals surface area contributed by atoms with Crippen molar-refractivity contribution in [3.63, 3.8) is 0 Å². The van der Waals surface area contributed by atoms with Gasteiger partial charge in [-0.15, -0.1) is 18.3 Å². The second-order valence-electron chi connectivity index (χ2n) is 10.5. The van der Waals surface area contributed by atoms with E-state index in [1.807, 2.05) is 44.2 Å². The van der Waals surface area contributed by atoms with Gasteiger partial charge in [0.15, 0.2) is 0 Å². The number of thioether (sulfide) groups is 1. The summed E-state index contributed by atoms with van der Waals surface area (Å²) in [6.45, 7) is 10.5. The Labute approximate surface area is 218 Å². The second kappa shape index (κ2) is 11.0. The molecule has 3 saturated heterocycles. The number of fused-ring (bicyclic) bond motifs is 1. The molecular formula is C28H38N2O5S. The summed E-state index contributed by atoms with van der Waals surface area (Å²) < 4.78 is 4.70. The first-order chi connectivity index (χ1) is 17.3. The molecule has 3 heterocycles. The minimum Gasteiger partial charge on any atom is -0.466 e. The molecule has 0 radical (unpaired) electrons. The van der Waals surface area contributed by atoms with E-state index in [1.165, 1.54) is 0 Å². The Morgan fingerprint density at radius 2 is 2.06 bits per heavy atom. The first-order valence-electron chi connectivity index (χ1n) is 13.0. The number of likely N-dealkylation sites (tertiary alicyclic amines) is 1. The minimum atomic E-state index is -0.746. The van der Waals surface area contributed by atoms with Crippen molar-refractivity contribution >= 4 is 29.5 Å². The van der Waals surface area contributed by atoms with Gasteiger partial charge in [0.25, 0.3) is 0 Å². The van der Waals surface area contributed by atoms with Gasteiger partial charge in [0.1, 0.15) is 6.04 Å². The third kappa shape index (κ3) is 4.58. The van der Waals surface area contributed by atoms with Crippen molar-refractivity contribution in [1.82, 2.24) is 9.80 Å². The Hall–Kier alpha value is -2.32. The van der Waals surface area contributed by atoms with Gasteiger partial charge in [0, 0.05) is 18.3 Å². The number of nitrogens with zero attached hydrogens (tertiary/aromatic N) is 2. The van der Waals surface area contributed by atoms with Gasteiger partial charge in [0.05, 0.1) is 35.8 Å². The molecule has 196 valence electrons. The molecule has 2 unspecified atom stereocenters. The Morgan fingerprint density at radius 1 is 1.33 bits per heavy atom. The highest BCUT2D eigenvalue weighted by molar-refractivity contribution is 8.02. The van der Waals surface area contributed by atoms with Crippen molar-refractivity contribution < 1.29 is 24.2 Å². The predicted molar refractivity (Wildman–Crippen MR) is 140 cm³/mol. The summed E-state index contributed by atoms with van der Waals surface area (Å²) >= 11 is 1.63. The van der Waals surface area contributed by atoms with E-state index in [4.69, 9.17) is 4.74 Å². The first-order valence-corrected chi connectivity index (χ1v) is 13.9. The van der Waals surface area contributed by atoms with E-state index in [1.54, 1.807) is 34.6 Å². The molecule has 3 aliphatic heterocycles. The normalized spacial score (nSPS) is 29.4. The lowest BCUT2D eigenvalue weighted by Crippen LogP contribution is -2.57. The molecular weight excluding hydrogens is 476 g/mol. The van der Waals surface area contributed by atoms with Gasteiger partial charge >= 0.3 is 5.97 Å². The van der Waals surface area contributed by atoms with E-state index in [0.717, 1.165) is 12.0 Å².